The van der Waals surface area contributed by atoms with Gasteiger partial charge in [-0.25, -0.2) is 4.98 Å². The summed E-state index contributed by atoms with van der Waals surface area (Å²) in [5.74, 6) is 0.765. The van der Waals surface area contributed by atoms with E-state index in [-0.39, 0.29) is 0 Å². The van der Waals surface area contributed by atoms with Gasteiger partial charge in [-0.3, -0.25) is 4.79 Å². The number of hydrogen-bond donors (Lipinski definition) is 2. The van der Waals surface area contributed by atoms with Crippen LogP contribution in [0.3, 0.4) is 0 Å². The van der Waals surface area contributed by atoms with Crippen molar-refractivity contribution in [2.45, 2.75) is 0 Å². The Bertz CT molecular complexity index is 1020. The van der Waals surface area contributed by atoms with Crippen molar-refractivity contribution in [1.29, 1.82) is 0 Å². The Morgan fingerprint density at radius 1 is 1.12 bits per heavy atom. The molecule has 0 bridgehead atoms. The molecule has 0 aliphatic heterocycles. The van der Waals surface area contributed by atoms with Crippen LogP contribution in [0.25, 0.3) is 28.1 Å². The first-order chi connectivity index (χ1) is 11.7. The smallest absolute Gasteiger partial charge is 0.211 e. The zero-order valence-corrected chi connectivity index (χ0v) is 14.1. The number of para-hydroxylation sites is 1. The second-order valence-electron chi connectivity index (χ2n) is 5.33. The van der Waals surface area contributed by atoms with Crippen LogP contribution in [0, 0.1) is 0 Å². The van der Waals surface area contributed by atoms with Crippen LogP contribution in [0.15, 0.2) is 65.4 Å². The van der Waals surface area contributed by atoms with E-state index in [1.54, 1.807) is 0 Å². The molecule has 0 unspecified atom stereocenters. The molecular formula is C18H13BrN4O. The number of nitrogens with one attached hydrogen (secondary N) is 2. The molecule has 6 heteroatoms. The number of anilines is 1. The summed E-state index contributed by atoms with van der Waals surface area (Å²) >= 11 is 3.44. The van der Waals surface area contributed by atoms with Crippen LogP contribution >= 0.6 is 15.9 Å². The predicted octanol–water partition coefficient (Wildman–Crippen LogP) is 4.35. The minimum absolute atomic E-state index is 0.660. The minimum atomic E-state index is 0.660. The van der Waals surface area contributed by atoms with E-state index in [4.69, 9.17) is 0 Å². The topological polar surface area (TPSA) is 62.7 Å². The molecule has 5 nitrogen and oxygen atoms in total. The molecule has 4 aromatic rings. The number of carbonyl (C=O) groups is 1. The van der Waals surface area contributed by atoms with Crippen LogP contribution in [-0.4, -0.2) is 20.9 Å². The lowest BCUT2D eigenvalue weighted by Crippen LogP contribution is -1.93. The summed E-state index contributed by atoms with van der Waals surface area (Å²) in [6.45, 7) is 0. The van der Waals surface area contributed by atoms with Crippen molar-refractivity contribution in [3.05, 3.63) is 65.4 Å². The van der Waals surface area contributed by atoms with Crippen molar-refractivity contribution in [3.63, 3.8) is 0 Å². The number of imidazole rings is 1. The number of carbonyl (C=O) groups excluding carboxylic acids is 1. The normalized spacial score (nSPS) is 10.9. The molecule has 2 aromatic carbocycles. The van der Waals surface area contributed by atoms with Gasteiger partial charge in [0, 0.05) is 28.1 Å². The lowest BCUT2D eigenvalue weighted by molar-refractivity contribution is -0.105. The molecule has 0 aliphatic carbocycles. The van der Waals surface area contributed by atoms with Gasteiger partial charge in [0.25, 0.3) is 0 Å². The molecule has 1 amide bonds. The van der Waals surface area contributed by atoms with E-state index in [0.717, 1.165) is 32.6 Å². The van der Waals surface area contributed by atoms with Crippen LogP contribution in [0.2, 0.25) is 0 Å². The van der Waals surface area contributed by atoms with Crippen molar-refractivity contribution in [2.24, 2.45) is 0 Å². The maximum absolute atomic E-state index is 10.7. The Hall–Kier alpha value is -2.86. The first-order valence-electron chi connectivity index (χ1n) is 7.38. The Kier molecular flexibility index (Phi) is 3.66. The standard InChI is InChI=1S/C18H13BrN4O/c19-13-4-6-14(7-5-13)23-9-8-12(10-23)18-21-16-3-1-2-15(20-11-24)17(16)22-18/h1-11H,(H,20,24)(H,21,22). The van der Waals surface area contributed by atoms with E-state index in [9.17, 15) is 4.79 Å². The Labute approximate surface area is 146 Å². The monoisotopic (exact) mass is 380 g/mol. The third-order valence-electron chi connectivity index (χ3n) is 3.82. The highest BCUT2D eigenvalue weighted by Crippen LogP contribution is 2.26. The average Bonchev–Trinajstić information content (AvgIpc) is 3.23. The quantitative estimate of drug-likeness (QED) is 0.517. The number of fused-ring (bicyclic) bond motifs is 1. The molecule has 4 rings (SSSR count). The summed E-state index contributed by atoms with van der Waals surface area (Å²) in [6, 6.07) is 15.7. The zero-order valence-electron chi connectivity index (χ0n) is 12.5. The van der Waals surface area contributed by atoms with Crippen molar-refractivity contribution in [2.75, 3.05) is 5.32 Å². The minimum Gasteiger partial charge on any atom is -0.338 e. The van der Waals surface area contributed by atoms with Crippen molar-refractivity contribution in [3.8, 4) is 17.1 Å². The SMILES string of the molecule is O=CNc1cccc2[nH]c(-c3ccn(-c4ccc(Br)cc4)c3)nc12. The maximum atomic E-state index is 10.7. The number of nitrogens with zero attached hydrogens (tertiary/aromatic N) is 2. The molecule has 24 heavy (non-hydrogen) atoms. The number of aromatic nitrogens is 3. The Morgan fingerprint density at radius 3 is 2.75 bits per heavy atom. The van der Waals surface area contributed by atoms with Crippen LogP contribution in [0.5, 0.6) is 0 Å². The van der Waals surface area contributed by atoms with Gasteiger partial charge in [-0.2, -0.15) is 0 Å². The summed E-state index contributed by atoms with van der Waals surface area (Å²) in [7, 11) is 0. The van der Waals surface area contributed by atoms with E-state index >= 15 is 0 Å². The van der Waals surface area contributed by atoms with E-state index in [1.807, 2.05) is 65.5 Å². The van der Waals surface area contributed by atoms with E-state index in [0.29, 0.717) is 12.1 Å². The molecule has 0 aliphatic rings. The first kappa shape index (κ1) is 14.7. The van der Waals surface area contributed by atoms with Crippen LogP contribution in [-0.2, 0) is 4.79 Å². The highest BCUT2D eigenvalue weighted by Gasteiger charge is 2.10. The second-order valence-corrected chi connectivity index (χ2v) is 6.25. The van der Waals surface area contributed by atoms with E-state index in [1.165, 1.54) is 0 Å². The van der Waals surface area contributed by atoms with Crippen molar-refractivity contribution in [1.82, 2.24) is 14.5 Å². The van der Waals surface area contributed by atoms with Crippen molar-refractivity contribution < 1.29 is 4.79 Å². The van der Waals surface area contributed by atoms with E-state index in [2.05, 4.69) is 31.2 Å². The molecule has 2 N–H and O–H groups in total. The summed E-state index contributed by atoms with van der Waals surface area (Å²) in [5.41, 5.74) is 4.37. The fourth-order valence-electron chi connectivity index (χ4n) is 2.66. The lowest BCUT2D eigenvalue weighted by Gasteiger charge is -2.02. The van der Waals surface area contributed by atoms with Crippen molar-refractivity contribution >= 4 is 39.1 Å². The zero-order chi connectivity index (χ0) is 16.5. The largest absolute Gasteiger partial charge is 0.338 e. The number of aromatic amines is 1. The fourth-order valence-corrected chi connectivity index (χ4v) is 2.92. The van der Waals surface area contributed by atoms with Gasteiger partial charge in [-0.05, 0) is 42.5 Å². The van der Waals surface area contributed by atoms with Gasteiger partial charge >= 0.3 is 0 Å². The lowest BCUT2D eigenvalue weighted by atomic mass is 10.3. The molecule has 0 saturated carbocycles. The number of benzene rings is 2. The predicted molar refractivity (Wildman–Crippen MR) is 98.2 cm³/mol. The molecule has 0 radical (unpaired) electrons. The molecular weight excluding hydrogens is 368 g/mol. The molecule has 0 atom stereocenters. The van der Waals surface area contributed by atoms with Crippen LogP contribution in [0.1, 0.15) is 0 Å². The van der Waals surface area contributed by atoms with Gasteiger partial charge in [0.2, 0.25) is 6.41 Å². The number of hydrogen-bond acceptors (Lipinski definition) is 2. The number of rotatable bonds is 4. The molecule has 0 spiro atoms. The number of H-pyrrole nitrogens is 1. The molecule has 0 fully saturated rings. The second kappa shape index (κ2) is 5.98. The van der Waals surface area contributed by atoms with Crippen LogP contribution in [0.4, 0.5) is 5.69 Å². The highest BCUT2D eigenvalue weighted by molar-refractivity contribution is 9.10. The van der Waals surface area contributed by atoms with Gasteiger partial charge in [-0.1, -0.05) is 22.0 Å². The van der Waals surface area contributed by atoms with Gasteiger partial charge in [-0.15, -0.1) is 0 Å². The van der Waals surface area contributed by atoms with E-state index < -0.39 is 0 Å². The number of halogens is 1. The first-order valence-corrected chi connectivity index (χ1v) is 8.17. The molecule has 118 valence electrons. The third kappa shape index (κ3) is 2.61. The maximum Gasteiger partial charge on any atom is 0.211 e. The molecule has 2 aromatic heterocycles. The van der Waals surface area contributed by atoms with Gasteiger partial charge in [0.05, 0.1) is 11.2 Å². The number of amides is 1. The average molecular weight is 381 g/mol. The Morgan fingerprint density at radius 2 is 1.96 bits per heavy atom. The Balaban J connectivity index is 1.74. The summed E-state index contributed by atoms with van der Waals surface area (Å²) in [4.78, 5) is 18.6. The van der Waals surface area contributed by atoms with Gasteiger partial charge in [0.1, 0.15) is 11.3 Å². The van der Waals surface area contributed by atoms with Gasteiger partial charge in [0.15, 0.2) is 0 Å². The highest BCUT2D eigenvalue weighted by atomic mass is 79.9. The third-order valence-corrected chi connectivity index (χ3v) is 4.35. The fraction of sp³-hybridized carbons (Fsp3) is 0. The molecule has 2 heterocycles. The summed E-state index contributed by atoms with van der Waals surface area (Å²) in [5, 5.41) is 2.68. The summed E-state index contributed by atoms with van der Waals surface area (Å²) in [6.07, 6.45) is 4.68. The van der Waals surface area contributed by atoms with Gasteiger partial charge < -0.3 is 14.9 Å². The molecule has 0 saturated heterocycles. The summed E-state index contributed by atoms with van der Waals surface area (Å²) < 4.78 is 3.09. The van der Waals surface area contributed by atoms with Crippen LogP contribution < -0.4 is 5.32 Å².